The first-order valence-corrected chi connectivity index (χ1v) is 13.1. The number of esters is 1. The summed E-state index contributed by atoms with van der Waals surface area (Å²) in [6.07, 6.45) is 5.10. The second kappa shape index (κ2) is 10.4. The second-order valence-electron chi connectivity index (χ2n) is 7.99. The maximum absolute atomic E-state index is 12.5. The minimum atomic E-state index is -1.24. The van der Waals surface area contributed by atoms with Crippen molar-refractivity contribution in [2.24, 2.45) is 11.3 Å². The van der Waals surface area contributed by atoms with Crippen LogP contribution in [-0.2, 0) is 18.8 Å². The van der Waals surface area contributed by atoms with Crippen LogP contribution in [0, 0.1) is 11.3 Å². The third-order valence-electron chi connectivity index (χ3n) is 4.34. The van der Waals surface area contributed by atoms with Crippen LogP contribution < -0.4 is 0 Å². The summed E-state index contributed by atoms with van der Waals surface area (Å²) in [5.41, 5.74) is 0.0461. The van der Waals surface area contributed by atoms with Crippen molar-refractivity contribution in [1.82, 2.24) is 0 Å². The smallest absolute Gasteiger partial charge is 0.305 e. The fourth-order valence-electron chi connectivity index (χ4n) is 2.91. The van der Waals surface area contributed by atoms with Crippen LogP contribution in [0.2, 0.25) is 13.1 Å². The lowest BCUT2D eigenvalue weighted by atomic mass is 9.79. The molecule has 25 heavy (non-hydrogen) atoms. The van der Waals surface area contributed by atoms with Gasteiger partial charge in [-0.3, -0.25) is 9.59 Å². The van der Waals surface area contributed by atoms with Gasteiger partial charge in [0.05, 0.1) is 12.0 Å². The van der Waals surface area contributed by atoms with Crippen molar-refractivity contribution in [3.8, 4) is 0 Å². The van der Waals surface area contributed by atoms with E-state index in [0.717, 1.165) is 42.1 Å². The molecule has 0 spiro atoms. The van der Waals surface area contributed by atoms with Crippen molar-refractivity contribution in [2.75, 3.05) is 12.9 Å². The van der Waals surface area contributed by atoms with Gasteiger partial charge >= 0.3 is 5.97 Å². The van der Waals surface area contributed by atoms with E-state index < -0.39 is 9.04 Å². The lowest BCUT2D eigenvalue weighted by Gasteiger charge is -2.30. The highest BCUT2D eigenvalue weighted by atomic mass is 32.2. The minimum absolute atomic E-state index is 0.0461. The van der Waals surface area contributed by atoms with E-state index in [4.69, 9.17) is 4.43 Å². The van der Waals surface area contributed by atoms with Gasteiger partial charge in [-0.05, 0) is 37.1 Å². The van der Waals surface area contributed by atoms with Gasteiger partial charge in [-0.15, -0.1) is 11.8 Å². The lowest BCUT2D eigenvalue weighted by Crippen LogP contribution is -2.24. The minimum Gasteiger partial charge on any atom is -0.549 e. The number of unbranched alkanes of at least 4 members (excludes halogenated alkanes) is 3. The fourth-order valence-corrected chi connectivity index (χ4v) is 4.91. The number of methoxy groups -OCH3 is 1. The summed E-state index contributed by atoms with van der Waals surface area (Å²) < 4.78 is 10.8. The molecular formula is C19H34O4SSi. The molecule has 0 amide bonds. The van der Waals surface area contributed by atoms with E-state index in [1.54, 1.807) is 11.8 Å². The molecule has 0 aromatic heterocycles. The summed E-state index contributed by atoms with van der Waals surface area (Å²) >= 11 is 1.67. The molecule has 0 aromatic rings. The summed E-state index contributed by atoms with van der Waals surface area (Å²) in [7, 11) is 0.190. The normalized spacial score (nSPS) is 18.2. The van der Waals surface area contributed by atoms with Gasteiger partial charge in [0.2, 0.25) is 9.04 Å². The number of ether oxygens (including phenoxy) is 1. The van der Waals surface area contributed by atoms with Crippen molar-refractivity contribution in [1.29, 1.82) is 0 Å². The van der Waals surface area contributed by atoms with Crippen LogP contribution in [0.15, 0.2) is 10.7 Å². The van der Waals surface area contributed by atoms with E-state index in [-0.39, 0.29) is 23.1 Å². The van der Waals surface area contributed by atoms with Crippen molar-refractivity contribution in [3.63, 3.8) is 0 Å². The Kier molecular flexibility index (Phi) is 9.28. The number of Topliss-reactive ketones (excluding diaryl/α,β-unsaturated/α-hetero) is 1. The van der Waals surface area contributed by atoms with Crippen LogP contribution >= 0.6 is 11.8 Å². The molecule has 1 atom stereocenters. The van der Waals surface area contributed by atoms with Gasteiger partial charge in [0, 0.05) is 18.8 Å². The van der Waals surface area contributed by atoms with Gasteiger partial charge in [0.15, 0.2) is 5.78 Å². The molecule has 0 bridgehead atoms. The predicted octanol–water partition coefficient (Wildman–Crippen LogP) is 4.69. The number of allylic oxidation sites excluding steroid dienone is 2. The number of ketones is 1. The van der Waals surface area contributed by atoms with Crippen molar-refractivity contribution < 1.29 is 18.8 Å². The van der Waals surface area contributed by atoms with Crippen molar-refractivity contribution >= 4 is 32.6 Å². The zero-order chi connectivity index (χ0) is 19.0. The van der Waals surface area contributed by atoms with Crippen LogP contribution in [0.4, 0.5) is 0 Å². The third kappa shape index (κ3) is 7.56. The molecule has 144 valence electrons. The molecule has 0 saturated heterocycles. The summed E-state index contributed by atoms with van der Waals surface area (Å²) in [6.45, 7) is 10.9. The van der Waals surface area contributed by atoms with Gasteiger partial charge in [-0.25, -0.2) is 0 Å². The molecular weight excluding hydrogens is 352 g/mol. The number of thioether (sulfide) groups is 1. The Morgan fingerprint density at radius 2 is 1.84 bits per heavy atom. The molecule has 1 rings (SSSR count). The third-order valence-corrected chi connectivity index (χ3v) is 6.28. The van der Waals surface area contributed by atoms with Crippen LogP contribution in [0.25, 0.3) is 0 Å². The highest BCUT2D eigenvalue weighted by Gasteiger charge is 2.40. The van der Waals surface area contributed by atoms with Crippen LogP contribution in [0.3, 0.4) is 0 Å². The first-order chi connectivity index (χ1) is 11.7. The molecule has 0 fully saturated rings. The lowest BCUT2D eigenvalue weighted by molar-refractivity contribution is -0.140. The van der Waals surface area contributed by atoms with Gasteiger partial charge in [0.25, 0.3) is 0 Å². The van der Waals surface area contributed by atoms with E-state index in [2.05, 4.69) is 38.6 Å². The molecule has 1 aliphatic rings. The zero-order valence-corrected chi connectivity index (χ0v) is 18.6. The Hall–Kier alpha value is -0.753. The summed E-state index contributed by atoms with van der Waals surface area (Å²) in [4.78, 5) is 24.4. The molecule has 4 nitrogen and oxygen atoms in total. The molecule has 1 aliphatic carbocycles. The average Bonchev–Trinajstić information content (AvgIpc) is 2.82. The Balaban J connectivity index is 2.52. The van der Waals surface area contributed by atoms with Crippen molar-refractivity contribution in [2.45, 2.75) is 72.4 Å². The Bertz CT molecular complexity index is 494. The van der Waals surface area contributed by atoms with Gasteiger partial charge in [0.1, 0.15) is 5.76 Å². The molecule has 6 heteroatoms. The maximum Gasteiger partial charge on any atom is 0.305 e. The quantitative estimate of drug-likeness (QED) is 0.310. The molecule has 0 N–H and O–H groups in total. The zero-order valence-electron chi connectivity index (χ0n) is 16.6. The number of carbonyl (C=O) groups is 2. The molecule has 0 aliphatic heterocycles. The Labute approximate surface area is 158 Å². The molecule has 0 radical (unpaired) electrons. The van der Waals surface area contributed by atoms with Crippen LogP contribution in [0.5, 0.6) is 0 Å². The predicted molar refractivity (Wildman–Crippen MR) is 107 cm³/mol. The second-order valence-corrected chi connectivity index (χ2v) is 11.4. The summed E-state index contributed by atoms with van der Waals surface area (Å²) in [6, 6.07) is 0. The van der Waals surface area contributed by atoms with Gasteiger partial charge < -0.3 is 9.16 Å². The monoisotopic (exact) mass is 386 g/mol. The first kappa shape index (κ1) is 22.3. The van der Waals surface area contributed by atoms with Gasteiger partial charge in [-0.1, -0.05) is 33.6 Å². The highest BCUT2D eigenvalue weighted by molar-refractivity contribution is 8.04. The number of carbonyl (C=O) groups excluding carboxylic acids is 2. The average molecular weight is 387 g/mol. The molecule has 0 saturated carbocycles. The summed E-state index contributed by atoms with van der Waals surface area (Å²) in [5, 5.41) is 0. The SMILES string of the molecule is COC(=O)CCCCCCSC1=C(O[SiH](C)C)C(C(C)(C)C)CC1=O. The molecule has 0 heterocycles. The van der Waals surface area contributed by atoms with E-state index in [1.165, 1.54) is 7.11 Å². The highest BCUT2D eigenvalue weighted by Crippen LogP contribution is 2.45. The maximum atomic E-state index is 12.5. The van der Waals surface area contributed by atoms with E-state index in [0.29, 0.717) is 12.8 Å². The standard InChI is InChI=1S/C19H34O4SSi/c1-19(2,3)14-13-15(20)18(17(14)23-25(5)6)24-12-10-8-7-9-11-16(21)22-4/h14,25H,7-13H2,1-6H3. The number of rotatable bonds is 10. The van der Waals surface area contributed by atoms with E-state index in [9.17, 15) is 9.59 Å². The molecule has 0 aromatic carbocycles. The van der Waals surface area contributed by atoms with Crippen LogP contribution in [0.1, 0.15) is 59.3 Å². The largest absolute Gasteiger partial charge is 0.549 e. The van der Waals surface area contributed by atoms with E-state index in [1.807, 2.05) is 0 Å². The Morgan fingerprint density at radius 1 is 1.20 bits per heavy atom. The number of hydrogen-bond acceptors (Lipinski definition) is 5. The topological polar surface area (TPSA) is 52.6 Å². The van der Waals surface area contributed by atoms with Crippen molar-refractivity contribution in [3.05, 3.63) is 10.7 Å². The summed E-state index contributed by atoms with van der Waals surface area (Å²) in [5.74, 6) is 2.22. The fraction of sp³-hybridized carbons (Fsp3) is 0.789. The van der Waals surface area contributed by atoms with Gasteiger partial charge in [-0.2, -0.15) is 0 Å². The Morgan fingerprint density at radius 3 is 2.40 bits per heavy atom. The van der Waals surface area contributed by atoms with E-state index >= 15 is 0 Å². The number of hydrogen-bond donors (Lipinski definition) is 0. The first-order valence-electron chi connectivity index (χ1n) is 9.30. The molecule has 1 unspecified atom stereocenters. The van der Waals surface area contributed by atoms with Crippen LogP contribution in [-0.4, -0.2) is 33.7 Å².